The lowest BCUT2D eigenvalue weighted by atomic mass is 10.2. The van der Waals surface area contributed by atoms with Gasteiger partial charge in [-0.15, -0.1) is 10.2 Å². The van der Waals surface area contributed by atoms with E-state index in [4.69, 9.17) is 11.5 Å². The van der Waals surface area contributed by atoms with Crippen LogP contribution in [0.2, 0.25) is 0 Å². The third-order valence-corrected chi connectivity index (χ3v) is 2.71. The lowest BCUT2D eigenvalue weighted by molar-refractivity contribution is 0.100. The fourth-order valence-electron chi connectivity index (χ4n) is 1.79. The fourth-order valence-corrected chi connectivity index (χ4v) is 1.79. The van der Waals surface area contributed by atoms with E-state index in [-0.39, 0.29) is 11.3 Å². The van der Waals surface area contributed by atoms with Crippen molar-refractivity contribution in [3.05, 3.63) is 24.0 Å². The van der Waals surface area contributed by atoms with Gasteiger partial charge in [-0.3, -0.25) is 4.79 Å². The van der Waals surface area contributed by atoms with E-state index in [9.17, 15) is 4.79 Å². The molecule has 0 aliphatic heterocycles. The van der Waals surface area contributed by atoms with Crippen LogP contribution in [-0.2, 0) is 7.05 Å². The highest BCUT2D eigenvalue weighted by Crippen LogP contribution is 2.23. The minimum atomic E-state index is -0.618. The molecule has 0 spiro atoms. The topological polar surface area (TPSA) is 130 Å². The first-order chi connectivity index (χ1) is 10.8. The highest BCUT2D eigenvalue weighted by atomic mass is 16.1. The summed E-state index contributed by atoms with van der Waals surface area (Å²) in [6, 6.07) is 1.73. The van der Waals surface area contributed by atoms with E-state index in [2.05, 4.69) is 41.3 Å². The van der Waals surface area contributed by atoms with E-state index in [1.54, 1.807) is 19.3 Å². The minimum absolute atomic E-state index is 0.184. The number of nitrogens with two attached hydrogens (primary N) is 2. The van der Waals surface area contributed by atoms with Gasteiger partial charge in [0.15, 0.2) is 0 Å². The number of primary amides is 1. The molecule has 9 nitrogen and oxygen atoms in total. The summed E-state index contributed by atoms with van der Waals surface area (Å²) in [6.45, 7) is 6.50. The Kier molecular flexibility index (Phi) is 4.58. The van der Waals surface area contributed by atoms with Crippen molar-refractivity contribution in [3.8, 4) is 11.4 Å². The average molecular weight is 316 g/mol. The average Bonchev–Trinajstić information content (AvgIpc) is 3.04. The predicted octanol–water partition coefficient (Wildman–Crippen LogP) is 0.868. The number of aryl methyl sites for hydroxylation is 1. The zero-order chi connectivity index (χ0) is 17.1. The van der Waals surface area contributed by atoms with Gasteiger partial charge in [-0.05, 0) is 17.2 Å². The van der Waals surface area contributed by atoms with E-state index in [0.29, 0.717) is 16.9 Å². The molecule has 0 aliphatic rings. The van der Waals surface area contributed by atoms with Gasteiger partial charge in [-0.1, -0.05) is 20.8 Å². The number of tetrazole rings is 1. The molecule has 23 heavy (non-hydrogen) atoms. The van der Waals surface area contributed by atoms with Gasteiger partial charge in [-0.2, -0.15) is 9.90 Å². The van der Waals surface area contributed by atoms with Crippen molar-refractivity contribution in [2.45, 2.75) is 20.8 Å². The molecular weight excluding hydrogens is 296 g/mol. The molecule has 0 aromatic carbocycles. The van der Waals surface area contributed by atoms with E-state index in [1.165, 1.54) is 15.5 Å². The molecule has 0 saturated carbocycles. The first-order valence-corrected chi connectivity index (χ1v) is 7.10. The Bertz CT molecular complexity index is 830. The predicted molar refractivity (Wildman–Crippen MR) is 86.4 cm³/mol. The molecule has 0 bridgehead atoms. The van der Waals surface area contributed by atoms with Gasteiger partial charge in [0.2, 0.25) is 5.82 Å². The fraction of sp³-hybridized carbons (Fsp3) is 0.357. The first kappa shape index (κ1) is 16.4. The molecule has 9 heteroatoms. The molecule has 0 unspecified atom stereocenters. The monoisotopic (exact) mass is 316 g/mol. The second kappa shape index (κ2) is 6.42. The second-order valence-electron chi connectivity index (χ2n) is 5.73. The maximum absolute atomic E-state index is 11.2. The SMILES string of the molecule is CC(C)C.Cn1nnc(-c2cc3c(N)c(C(N)=O)cnn3c2)n1. The van der Waals surface area contributed by atoms with Crippen molar-refractivity contribution in [1.29, 1.82) is 0 Å². The minimum Gasteiger partial charge on any atom is -0.396 e. The number of nitrogens with zero attached hydrogens (tertiary/aromatic N) is 6. The number of carbonyl (C=O) groups is 1. The van der Waals surface area contributed by atoms with Crippen LogP contribution in [0.5, 0.6) is 0 Å². The quantitative estimate of drug-likeness (QED) is 0.721. The van der Waals surface area contributed by atoms with Crippen LogP contribution < -0.4 is 11.5 Å². The van der Waals surface area contributed by atoms with Gasteiger partial charge < -0.3 is 11.5 Å². The molecule has 1 amide bonds. The summed E-state index contributed by atoms with van der Waals surface area (Å²) in [5.74, 6) is 0.668. The standard InChI is InChI=1S/C10H10N8O.C4H10/c1-17-15-10(14-16-17)5-2-7-8(11)6(9(12)19)3-13-18(7)4-5;1-4(2)3/h2-4H,11H2,1H3,(H2,12,19);4H,1-3H3. The maximum atomic E-state index is 11.2. The normalized spacial score (nSPS) is 10.7. The highest BCUT2D eigenvalue weighted by Gasteiger charge is 2.14. The number of nitrogen functional groups attached to an aromatic ring is 1. The van der Waals surface area contributed by atoms with Crippen molar-refractivity contribution in [3.63, 3.8) is 0 Å². The zero-order valence-electron chi connectivity index (χ0n) is 13.6. The van der Waals surface area contributed by atoms with Crippen LogP contribution in [-0.4, -0.2) is 35.7 Å². The zero-order valence-corrected chi connectivity index (χ0v) is 13.6. The summed E-state index contributed by atoms with van der Waals surface area (Å²) >= 11 is 0. The summed E-state index contributed by atoms with van der Waals surface area (Å²) in [4.78, 5) is 12.6. The third-order valence-electron chi connectivity index (χ3n) is 2.71. The molecule has 0 fully saturated rings. The number of hydrogen-bond acceptors (Lipinski definition) is 6. The van der Waals surface area contributed by atoms with E-state index in [1.807, 2.05) is 0 Å². The smallest absolute Gasteiger partial charge is 0.252 e. The highest BCUT2D eigenvalue weighted by molar-refractivity contribution is 6.01. The van der Waals surface area contributed by atoms with Crippen molar-refractivity contribution < 1.29 is 4.79 Å². The van der Waals surface area contributed by atoms with Crippen molar-refractivity contribution in [2.24, 2.45) is 18.7 Å². The van der Waals surface area contributed by atoms with Crippen LogP contribution in [0.3, 0.4) is 0 Å². The number of amides is 1. The molecule has 3 rings (SSSR count). The molecule has 3 heterocycles. The molecule has 4 N–H and O–H groups in total. The Morgan fingerprint density at radius 1 is 1.30 bits per heavy atom. The van der Waals surface area contributed by atoms with E-state index in [0.717, 1.165) is 5.92 Å². The molecule has 0 aliphatic carbocycles. The van der Waals surface area contributed by atoms with Crippen LogP contribution in [0.15, 0.2) is 18.5 Å². The van der Waals surface area contributed by atoms with Gasteiger partial charge in [-0.25, -0.2) is 4.52 Å². The molecule has 0 radical (unpaired) electrons. The molecule has 122 valence electrons. The number of rotatable bonds is 2. The Labute approximate surface area is 133 Å². The maximum Gasteiger partial charge on any atom is 0.252 e. The van der Waals surface area contributed by atoms with Crippen molar-refractivity contribution >= 4 is 17.1 Å². The van der Waals surface area contributed by atoms with E-state index >= 15 is 0 Å². The van der Waals surface area contributed by atoms with Crippen LogP contribution in [0, 0.1) is 5.92 Å². The van der Waals surface area contributed by atoms with Crippen LogP contribution in [0.4, 0.5) is 5.69 Å². The van der Waals surface area contributed by atoms with Crippen molar-refractivity contribution in [2.75, 3.05) is 5.73 Å². The van der Waals surface area contributed by atoms with Crippen LogP contribution in [0.1, 0.15) is 31.1 Å². The lowest BCUT2D eigenvalue weighted by Crippen LogP contribution is -2.15. The summed E-state index contributed by atoms with van der Waals surface area (Å²) in [6.07, 6.45) is 3.03. The van der Waals surface area contributed by atoms with E-state index < -0.39 is 5.91 Å². The first-order valence-electron chi connectivity index (χ1n) is 7.10. The van der Waals surface area contributed by atoms with Gasteiger partial charge in [0.1, 0.15) is 0 Å². The number of carbonyl (C=O) groups excluding carboxylic acids is 1. The molecular formula is C14H20N8O. The Morgan fingerprint density at radius 3 is 2.48 bits per heavy atom. The summed E-state index contributed by atoms with van der Waals surface area (Å²) in [5.41, 5.74) is 12.8. The molecule has 0 saturated heterocycles. The molecule has 3 aromatic rings. The Hall–Kier alpha value is -2.97. The number of aromatic nitrogens is 6. The molecule has 3 aromatic heterocycles. The third kappa shape index (κ3) is 3.62. The van der Waals surface area contributed by atoms with Crippen LogP contribution in [0.25, 0.3) is 16.9 Å². The molecule has 0 atom stereocenters. The lowest BCUT2D eigenvalue weighted by Gasteiger charge is -2.02. The van der Waals surface area contributed by atoms with Gasteiger partial charge in [0.05, 0.1) is 30.0 Å². The summed E-state index contributed by atoms with van der Waals surface area (Å²) < 4.78 is 1.54. The largest absolute Gasteiger partial charge is 0.396 e. The Morgan fingerprint density at radius 2 is 1.96 bits per heavy atom. The Balaban J connectivity index is 0.000000433. The van der Waals surface area contributed by atoms with Gasteiger partial charge >= 0.3 is 0 Å². The second-order valence-corrected chi connectivity index (χ2v) is 5.73. The summed E-state index contributed by atoms with van der Waals surface area (Å²) in [5, 5.41) is 15.8. The van der Waals surface area contributed by atoms with Crippen LogP contribution >= 0.6 is 0 Å². The number of anilines is 1. The number of hydrogen-bond donors (Lipinski definition) is 2. The number of fused-ring (bicyclic) bond motifs is 1. The van der Waals surface area contributed by atoms with Gasteiger partial charge in [0, 0.05) is 11.8 Å². The van der Waals surface area contributed by atoms with Crippen molar-refractivity contribution in [1.82, 2.24) is 29.8 Å². The van der Waals surface area contributed by atoms with Gasteiger partial charge in [0.25, 0.3) is 5.91 Å². The summed E-state index contributed by atoms with van der Waals surface area (Å²) in [7, 11) is 1.67.